The van der Waals surface area contributed by atoms with Crippen LogP contribution in [0.4, 0.5) is 11.5 Å². The van der Waals surface area contributed by atoms with Gasteiger partial charge in [0, 0.05) is 38.3 Å². The van der Waals surface area contributed by atoms with Gasteiger partial charge in [0.15, 0.2) is 0 Å². The molecule has 0 unspecified atom stereocenters. The number of hydrogen-bond donors (Lipinski definition) is 0. The number of aromatic nitrogens is 1. The Labute approximate surface area is 169 Å². The molecule has 0 spiro atoms. The van der Waals surface area contributed by atoms with E-state index in [-0.39, 0.29) is 17.7 Å². The molecule has 0 saturated carbocycles. The first-order valence-corrected chi connectivity index (χ1v) is 9.51. The number of pyridine rings is 1. The number of ether oxygens (including phenoxy) is 1. The van der Waals surface area contributed by atoms with Crippen molar-refractivity contribution in [3.8, 4) is 5.75 Å². The van der Waals surface area contributed by atoms with E-state index in [1.165, 1.54) is 12.3 Å². The van der Waals surface area contributed by atoms with Gasteiger partial charge < -0.3 is 14.5 Å². The van der Waals surface area contributed by atoms with E-state index in [1.807, 2.05) is 43.0 Å². The molecule has 1 aromatic heterocycles. The average Bonchev–Trinajstić information content (AvgIpc) is 2.72. The summed E-state index contributed by atoms with van der Waals surface area (Å²) in [6, 6.07) is 10.7. The lowest BCUT2D eigenvalue weighted by Gasteiger charge is -2.34. The van der Waals surface area contributed by atoms with Crippen LogP contribution in [-0.2, 0) is 4.79 Å². The number of anilines is 1. The topological polar surface area (TPSA) is 88.8 Å². The molecule has 0 bridgehead atoms. The molecular weight excluding hydrogens is 372 g/mol. The van der Waals surface area contributed by atoms with Gasteiger partial charge in [0.25, 0.3) is 5.69 Å². The zero-order valence-corrected chi connectivity index (χ0v) is 16.5. The summed E-state index contributed by atoms with van der Waals surface area (Å²) in [5.41, 5.74) is 0.876. The molecule has 1 amide bonds. The number of amides is 1. The molecule has 8 heteroatoms. The molecular formula is C21H24N4O4. The standard InChI is InChI=1S/C21H24N4O4/c1-16(2)29-19-5-3-4-17(14-19)6-9-21(26)24-12-10-23(11-13-24)20-8-7-18(15-22-20)25(27)28/h3-9,14-16H,10-13H2,1-2H3/b9-6+. The maximum Gasteiger partial charge on any atom is 0.287 e. The zero-order valence-electron chi connectivity index (χ0n) is 16.5. The van der Waals surface area contributed by atoms with Gasteiger partial charge in [-0.05, 0) is 43.7 Å². The molecule has 1 aliphatic rings. The lowest BCUT2D eigenvalue weighted by atomic mass is 10.2. The molecule has 152 valence electrons. The van der Waals surface area contributed by atoms with Gasteiger partial charge in [0.1, 0.15) is 17.8 Å². The fraction of sp³-hybridized carbons (Fsp3) is 0.333. The molecule has 8 nitrogen and oxygen atoms in total. The van der Waals surface area contributed by atoms with Crippen LogP contribution in [0.1, 0.15) is 19.4 Å². The van der Waals surface area contributed by atoms with Crippen molar-refractivity contribution in [1.29, 1.82) is 0 Å². The zero-order chi connectivity index (χ0) is 20.8. The summed E-state index contributed by atoms with van der Waals surface area (Å²) < 4.78 is 5.67. The quantitative estimate of drug-likeness (QED) is 0.423. The average molecular weight is 396 g/mol. The van der Waals surface area contributed by atoms with E-state index in [1.54, 1.807) is 23.1 Å². The summed E-state index contributed by atoms with van der Waals surface area (Å²) in [6.07, 6.45) is 4.72. The Kier molecular flexibility index (Phi) is 6.43. The van der Waals surface area contributed by atoms with E-state index in [9.17, 15) is 14.9 Å². The smallest absolute Gasteiger partial charge is 0.287 e. The van der Waals surface area contributed by atoms with Crippen LogP contribution < -0.4 is 9.64 Å². The fourth-order valence-electron chi connectivity index (χ4n) is 3.07. The Balaban J connectivity index is 1.54. The van der Waals surface area contributed by atoms with Gasteiger partial charge in [0.05, 0.1) is 11.0 Å². The first-order chi connectivity index (χ1) is 13.9. The Morgan fingerprint density at radius 3 is 2.59 bits per heavy atom. The fourth-order valence-corrected chi connectivity index (χ4v) is 3.07. The van der Waals surface area contributed by atoms with Crippen molar-refractivity contribution >= 4 is 23.5 Å². The normalized spacial score (nSPS) is 14.4. The summed E-state index contributed by atoms with van der Waals surface area (Å²) in [7, 11) is 0. The lowest BCUT2D eigenvalue weighted by molar-refractivity contribution is -0.385. The Hall–Kier alpha value is -3.42. The number of nitro groups is 1. The molecule has 0 aliphatic carbocycles. The number of carbonyl (C=O) groups is 1. The van der Waals surface area contributed by atoms with E-state index < -0.39 is 4.92 Å². The first-order valence-electron chi connectivity index (χ1n) is 9.51. The third kappa shape index (κ3) is 5.54. The molecule has 2 aromatic rings. The van der Waals surface area contributed by atoms with Gasteiger partial charge >= 0.3 is 0 Å². The minimum atomic E-state index is -0.468. The second-order valence-corrected chi connectivity index (χ2v) is 7.02. The predicted molar refractivity (Wildman–Crippen MR) is 111 cm³/mol. The van der Waals surface area contributed by atoms with Crippen molar-refractivity contribution in [2.45, 2.75) is 20.0 Å². The van der Waals surface area contributed by atoms with Crippen molar-refractivity contribution < 1.29 is 14.5 Å². The van der Waals surface area contributed by atoms with E-state index in [4.69, 9.17) is 4.74 Å². The van der Waals surface area contributed by atoms with Crippen molar-refractivity contribution in [3.63, 3.8) is 0 Å². The number of hydrogen-bond acceptors (Lipinski definition) is 6. The number of rotatable bonds is 6. The van der Waals surface area contributed by atoms with Crippen molar-refractivity contribution in [2.75, 3.05) is 31.1 Å². The monoisotopic (exact) mass is 396 g/mol. The van der Waals surface area contributed by atoms with E-state index in [0.717, 1.165) is 11.3 Å². The minimum absolute atomic E-state index is 0.0319. The van der Waals surface area contributed by atoms with E-state index >= 15 is 0 Å². The van der Waals surface area contributed by atoms with Crippen LogP contribution in [0.15, 0.2) is 48.7 Å². The highest BCUT2D eigenvalue weighted by atomic mass is 16.6. The lowest BCUT2D eigenvalue weighted by Crippen LogP contribution is -2.48. The second-order valence-electron chi connectivity index (χ2n) is 7.02. The summed E-state index contributed by atoms with van der Waals surface area (Å²) in [6.45, 7) is 6.33. The number of nitrogens with zero attached hydrogens (tertiary/aromatic N) is 4. The summed E-state index contributed by atoms with van der Waals surface area (Å²) >= 11 is 0. The van der Waals surface area contributed by atoms with Gasteiger partial charge in [-0.2, -0.15) is 0 Å². The molecule has 29 heavy (non-hydrogen) atoms. The van der Waals surface area contributed by atoms with Crippen LogP contribution >= 0.6 is 0 Å². The predicted octanol–water partition coefficient (Wildman–Crippen LogP) is 3.14. The van der Waals surface area contributed by atoms with E-state index in [0.29, 0.717) is 32.0 Å². The van der Waals surface area contributed by atoms with Gasteiger partial charge in [-0.15, -0.1) is 0 Å². The second kappa shape index (κ2) is 9.18. The minimum Gasteiger partial charge on any atom is -0.491 e. The molecule has 2 heterocycles. The molecule has 3 rings (SSSR count). The Bertz CT molecular complexity index is 888. The van der Waals surface area contributed by atoms with Gasteiger partial charge in [-0.25, -0.2) is 4.98 Å². The third-order valence-electron chi connectivity index (χ3n) is 4.51. The van der Waals surface area contributed by atoms with Crippen molar-refractivity contribution in [1.82, 2.24) is 9.88 Å². The van der Waals surface area contributed by atoms with Crippen LogP contribution in [-0.4, -0.2) is 53.0 Å². The van der Waals surface area contributed by atoms with E-state index in [2.05, 4.69) is 4.98 Å². The third-order valence-corrected chi connectivity index (χ3v) is 4.51. The van der Waals surface area contributed by atoms with Crippen LogP contribution in [0.25, 0.3) is 6.08 Å². The van der Waals surface area contributed by atoms with Gasteiger partial charge in [0.2, 0.25) is 5.91 Å². The number of benzene rings is 1. The first kappa shape index (κ1) is 20.3. The largest absolute Gasteiger partial charge is 0.491 e. The SMILES string of the molecule is CC(C)Oc1cccc(/C=C/C(=O)N2CCN(c3ccc([N+](=O)[O-])cn3)CC2)c1. The molecule has 1 fully saturated rings. The number of carbonyl (C=O) groups excluding carboxylic acids is 1. The molecule has 1 aromatic carbocycles. The Morgan fingerprint density at radius 1 is 1.21 bits per heavy atom. The highest BCUT2D eigenvalue weighted by Gasteiger charge is 2.21. The van der Waals surface area contributed by atoms with Crippen molar-refractivity contribution in [3.05, 3.63) is 64.3 Å². The van der Waals surface area contributed by atoms with Gasteiger partial charge in [-0.1, -0.05) is 12.1 Å². The van der Waals surface area contributed by atoms with Crippen LogP contribution in [0.5, 0.6) is 5.75 Å². The molecule has 0 N–H and O–H groups in total. The maximum absolute atomic E-state index is 12.5. The Morgan fingerprint density at radius 2 is 1.97 bits per heavy atom. The van der Waals surface area contributed by atoms with Gasteiger partial charge in [-0.3, -0.25) is 14.9 Å². The molecule has 0 radical (unpaired) electrons. The van der Waals surface area contributed by atoms with Crippen molar-refractivity contribution in [2.24, 2.45) is 0 Å². The maximum atomic E-state index is 12.5. The molecule has 0 atom stereocenters. The van der Waals surface area contributed by atoms with Crippen LogP contribution in [0.2, 0.25) is 0 Å². The molecule has 1 aliphatic heterocycles. The molecule has 1 saturated heterocycles. The summed E-state index contributed by atoms with van der Waals surface area (Å²) in [5.74, 6) is 1.41. The highest BCUT2D eigenvalue weighted by molar-refractivity contribution is 5.92. The number of piperazine rings is 1. The highest BCUT2D eigenvalue weighted by Crippen LogP contribution is 2.18. The van der Waals surface area contributed by atoms with Crippen LogP contribution in [0, 0.1) is 10.1 Å². The van der Waals surface area contributed by atoms with Crippen LogP contribution in [0.3, 0.4) is 0 Å². The summed E-state index contributed by atoms with van der Waals surface area (Å²) in [5, 5.41) is 10.7. The summed E-state index contributed by atoms with van der Waals surface area (Å²) in [4.78, 5) is 30.7.